The van der Waals surface area contributed by atoms with E-state index in [0.29, 0.717) is 18.2 Å². The van der Waals surface area contributed by atoms with Crippen molar-refractivity contribution in [3.05, 3.63) is 0 Å². The van der Waals surface area contributed by atoms with E-state index in [1.807, 2.05) is 0 Å². The quantitative estimate of drug-likeness (QED) is 0.628. The molecular weight excluding hydrogens is 150 g/mol. The van der Waals surface area contributed by atoms with Crippen LogP contribution in [0.2, 0.25) is 0 Å². The second-order valence-corrected chi connectivity index (χ2v) is 3.20. The van der Waals surface area contributed by atoms with Gasteiger partial charge in [-0.15, -0.1) is 12.4 Å². The highest BCUT2D eigenvalue weighted by molar-refractivity contribution is 5.85. The number of hydrogen-bond acceptors (Lipinski definition) is 2. The number of ether oxygens (including phenoxy) is 1. The Bertz CT molecular complexity index is 125. The average Bonchev–Trinajstić information content (AvgIpc) is 2.44. The molecule has 0 amide bonds. The molecule has 2 aliphatic rings. The summed E-state index contributed by atoms with van der Waals surface area (Å²) in [6.45, 7) is 0.710. The fourth-order valence-corrected chi connectivity index (χ4v) is 1.57. The van der Waals surface area contributed by atoms with Crippen LogP contribution in [0.1, 0.15) is 25.7 Å². The van der Waals surface area contributed by atoms with Gasteiger partial charge >= 0.3 is 0 Å². The van der Waals surface area contributed by atoms with Crippen LogP contribution in [0.5, 0.6) is 0 Å². The molecule has 60 valence electrons. The Balaban J connectivity index is 0.000000500. The van der Waals surface area contributed by atoms with Crippen molar-refractivity contribution in [2.75, 3.05) is 6.54 Å². The van der Waals surface area contributed by atoms with E-state index in [1.54, 1.807) is 0 Å². The topological polar surface area (TPSA) is 35.2 Å². The molecule has 1 aliphatic heterocycles. The summed E-state index contributed by atoms with van der Waals surface area (Å²) in [4.78, 5) is 0. The number of halogens is 1. The lowest BCUT2D eigenvalue weighted by Crippen LogP contribution is -2.20. The zero-order valence-electron chi connectivity index (χ0n) is 6.01. The van der Waals surface area contributed by atoms with Crippen LogP contribution >= 0.6 is 12.4 Å². The highest BCUT2D eigenvalue weighted by Gasteiger charge is 2.49. The fraction of sp³-hybridized carbons (Fsp3) is 1.00. The second-order valence-electron chi connectivity index (χ2n) is 3.20. The van der Waals surface area contributed by atoms with Crippen molar-refractivity contribution in [2.45, 2.75) is 37.4 Å². The lowest BCUT2D eigenvalue weighted by molar-refractivity contribution is 0.0331. The Hall–Kier alpha value is 0.210. The Kier molecular flexibility index (Phi) is 2.23. The molecule has 2 nitrogen and oxygen atoms in total. The molecule has 0 radical (unpaired) electrons. The van der Waals surface area contributed by atoms with Crippen molar-refractivity contribution in [3.8, 4) is 0 Å². The van der Waals surface area contributed by atoms with Crippen LogP contribution in [-0.4, -0.2) is 18.2 Å². The van der Waals surface area contributed by atoms with Gasteiger partial charge in [-0.3, -0.25) is 0 Å². The molecule has 1 saturated carbocycles. The van der Waals surface area contributed by atoms with Crippen molar-refractivity contribution in [1.29, 1.82) is 0 Å². The molecule has 1 unspecified atom stereocenters. The summed E-state index contributed by atoms with van der Waals surface area (Å²) < 4.78 is 5.68. The third-order valence-corrected chi connectivity index (χ3v) is 2.41. The Morgan fingerprint density at radius 3 is 2.40 bits per heavy atom. The SMILES string of the molecule is Cl.NCC1CCC2(CC2)O1. The van der Waals surface area contributed by atoms with Gasteiger partial charge in [-0.2, -0.15) is 0 Å². The zero-order chi connectivity index (χ0) is 6.32. The summed E-state index contributed by atoms with van der Waals surface area (Å²) in [6, 6.07) is 0. The molecule has 0 bridgehead atoms. The molecule has 1 saturated heterocycles. The van der Waals surface area contributed by atoms with E-state index in [0.717, 1.165) is 0 Å². The fourth-order valence-electron chi connectivity index (χ4n) is 1.57. The highest BCUT2D eigenvalue weighted by Crippen LogP contribution is 2.49. The van der Waals surface area contributed by atoms with E-state index in [1.165, 1.54) is 25.7 Å². The first kappa shape index (κ1) is 8.31. The summed E-state index contributed by atoms with van der Waals surface area (Å²) in [5, 5.41) is 0. The zero-order valence-corrected chi connectivity index (χ0v) is 6.82. The van der Waals surface area contributed by atoms with Crippen LogP contribution in [0.3, 0.4) is 0 Å². The third-order valence-electron chi connectivity index (χ3n) is 2.41. The van der Waals surface area contributed by atoms with E-state index in [9.17, 15) is 0 Å². The van der Waals surface area contributed by atoms with Crippen molar-refractivity contribution < 1.29 is 4.74 Å². The molecule has 3 heteroatoms. The minimum atomic E-state index is 0. The molecule has 0 aromatic heterocycles. The van der Waals surface area contributed by atoms with E-state index >= 15 is 0 Å². The molecule has 2 rings (SSSR count). The largest absolute Gasteiger partial charge is 0.370 e. The van der Waals surface area contributed by atoms with Gasteiger partial charge < -0.3 is 10.5 Å². The molecule has 2 N–H and O–H groups in total. The summed E-state index contributed by atoms with van der Waals surface area (Å²) in [7, 11) is 0. The van der Waals surface area contributed by atoms with Crippen LogP contribution in [0.15, 0.2) is 0 Å². The molecule has 1 aliphatic carbocycles. The highest BCUT2D eigenvalue weighted by atomic mass is 35.5. The van der Waals surface area contributed by atoms with Gasteiger partial charge in [0, 0.05) is 6.54 Å². The smallest absolute Gasteiger partial charge is 0.0705 e. The van der Waals surface area contributed by atoms with Gasteiger partial charge in [-0.1, -0.05) is 0 Å². The first-order valence-electron chi connectivity index (χ1n) is 3.73. The lowest BCUT2D eigenvalue weighted by atomic mass is 10.2. The predicted octanol–water partition coefficient (Wildman–Crippen LogP) is 1.08. The number of rotatable bonds is 1. The second kappa shape index (κ2) is 2.68. The van der Waals surface area contributed by atoms with Gasteiger partial charge in [-0.05, 0) is 25.7 Å². The molecule has 2 fully saturated rings. The summed E-state index contributed by atoms with van der Waals surface area (Å²) in [5.41, 5.74) is 5.80. The maximum absolute atomic E-state index is 5.68. The summed E-state index contributed by atoms with van der Waals surface area (Å²) in [6.07, 6.45) is 5.39. The van der Waals surface area contributed by atoms with E-state index < -0.39 is 0 Å². The molecule has 0 aromatic carbocycles. The van der Waals surface area contributed by atoms with Gasteiger partial charge in [0.15, 0.2) is 0 Å². The average molecular weight is 164 g/mol. The van der Waals surface area contributed by atoms with Crippen molar-refractivity contribution >= 4 is 12.4 Å². The molecule has 0 aromatic rings. The first-order chi connectivity index (χ1) is 4.35. The van der Waals surface area contributed by atoms with Gasteiger partial charge in [0.1, 0.15) is 0 Å². The van der Waals surface area contributed by atoms with Crippen LogP contribution in [0, 0.1) is 0 Å². The Labute approximate surface area is 67.5 Å². The van der Waals surface area contributed by atoms with Crippen molar-refractivity contribution in [3.63, 3.8) is 0 Å². The predicted molar refractivity (Wildman–Crippen MR) is 42.4 cm³/mol. The number of hydrogen-bond donors (Lipinski definition) is 1. The third kappa shape index (κ3) is 1.29. The first-order valence-corrected chi connectivity index (χ1v) is 3.73. The van der Waals surface area contributed by atoms with Gasteiger partial charge in [-0.25, -0.2) is 0 Å². The van der Waals surface area contributed by atoms with E-state index in [2.05, 4.69) is 0 Å². The van der Waals surface area contributed by atoms with E-state index in [-0.39, 0.29) is 12.4 Å². The molecule has 1 heterocycles. The lowest BCUT2D eigenvalue weighted by Gasteiger charge is -2.08. The minimum Gasteiger partial charge on any atom is -0.370 e. The van der Waals surface area contributed by atoms with Gasteiger partial charge in [0.05, 0.1) is 11.7 Å². The molecule has 1 atom stereocenters. The monoisotopic (exact) mass is 163 g/mol. The maximum Gasteiger partial charge on any atom is 0.0705 e. The van der Waals surface area contributed by atoms with Crippen LogP contribution in [-0.2, 0) is 4.74 Å². The number of nitrogens with two attached hydrogens (primary N) is 1. The van der Waals surface area contributed by atoms with Crippen LogP contribution < -0.4 is 5.73 Å². The minimum absolute atomic E-state index is 0. The molecule has 10 heavy (non-hydrogen) atoms. The van der Waals surface area contributed by atoms with Crippen molar-refractivity contribution in [2.24, 2.45) is 5.73 Å². The van der Waals surface area contributed by atoms with Gasteiger partial charge in [0.2, 0.25) is 0 Å². The Morgan fingerprint density at radius 2 is 2.10 bits per heavy atom. The summed E-state index contributed by atoms with van der Waals surface area (Å²) in [5.74, 6) is 0. The van der Waals surface area contributed by atoms with E-state index in [4.69, 9.17) is 10.5 Å². The molecular formula is C7H14ClNO. The van der Waals surface area contributed by atoms with Crippen LogP contribution in [0.25, 0.3) is 0 Å². The van der Waals surface area contributed by atoms with Crippen LogP contribution in [0.4, 0.5) is 0 Å². The van der Waals surface area contributed by atoms with Gasteiger partial charge in [0.25, 0.3) is 0 Å². The molecule has 1 spiro atoms. The summed E-state index contributed by atoms with van der Waals surface area (Å²) >= 11 is 0. The standard InChI is InChI=1S/C7H13NO.ClH/c8-5-6-1-2-7(9-6)3-4-7;/h6H,1-5,8H2;1H. The van der Waals surface area contributed by atoms with Crippen molar-refractivity contribution in [1.82, 2.24) is 0 Å². The Morgan fingerprint density at radius 1 is 1.40 bits per heavy atom. The maximum atomic E-state index is 5.68. The normalized spacial score (nSPS) is 33.9.